The van der Waals surface area contributed by atoms with Crippen LogP contribution in [0, 0.1) is 11.6 Å². The van der Waals surface area contributed by atoms with Gasteiger partial charge in [-0.15, -0.1) is 0 Å². The molecule has 0 fully saturated rings. The monoisotopic (exact) mass is 341 g/mol. The van der Waals surface area contributed by atoms with Gasteiger partial charge in [0.1, 0.15) is 11.4 Å². The Morgan fingerprint density at radius 3 is 2.74 bits per heavy atom. The zero-order valence-corrected chi connectivity index (χ0v) is 12.9. The number of aromatic hydroxyl groups is 1. The smallest absolute Gasteiger partial charge is 0.257 e. The average molecular weight is 342 g/mol. The van der Waals surface area contributed by atoms with Gasteiger partial charge in [0.2, 0.25) is 0 Å². The van der Waals surface area contributed by atoms with E-state index in [1.54, 1.807) is 24.3 Å². The summed E-state index contributed by atoms with van der Waals surface area (Å²) >= 11 is 5.89. The first-order valence-electron chi connectivity index (χ1n) is 6.67. The maximum absolute atomic E-state index is 13.7. The van der Waals surface area contributed by atoms with Crippen molar-refractivity contribution in [3.05, 3.63) is 64.2 Å². The van der Waals surface area contributed by atoms with Crippen molar-refractivity contribution in [3.8, 4) is 5.75 Å². The second kappa shape index (κ2) is 7.39. The van der Waals surface area contributed by atoms with Crippen LogP contribution in [0.3, 0.4) is 0 Å². The topological polar surface area (TPSA) is 58.6 Å². The molecule has 1 atom stereocenters. The van der Waals surface area contributed by atoms with Crippen molar-refractivity contribution in [3.63, 3.8) is 0 Å². The number of phenolic OH excluding ortho intramolecular Hbond substituents is 1. The number of ether oxygens (including phenoxy) is 1. The fourth-order valence-electron chi connectivity index (χ4n) is 2.07. The Bertz CT molecular complexity index is 724. The highest BCUT2D eigenvalue weighted by atomic mass is 35.5. The van der Waals surface area contributed by atoms with Crippen LogP contribution in [0.15, 0.2) is 36.4 Å². The molecule has 0 spiro atoms. The first-order chi connectivity index (χ1) is 10.9. The lowest BCUT2D eigenvalue weighted by molar-refractivity contribution is 0.0821. The number of benzene rings is 2. The molecule has 122 valence electrons. The number of hydrogen-bond donors (Lipinski definition) is 2. The molecule has 0 aliphatic rings. The van der Waals surface area contributed by atoms with Crippen LogP contribution in [0.1, 0.15) is 22.0 Å². The number of phenols is 1. The summed E-state index contributed by atoms with van der Waals surface area (Å²) < 4.78 is 32.5. The van der Waals surface area contributed by atoms with Crippen molar-refractivity contribution in [1.82, 2.24) is 5.32 Å². The highest BCUT2D eigenvalue weighted by molar-refractivity contribution is 6.30. The van der Waals surface area contributed by atoms with E-state index in [0.717, 1.165) is 12.1 Å². The molecular weight excluding hydrogens is 328 g/mol. The Hall–Kier alpha value is -2.18. The summed E-state index contributed by atoms with van der Waals surface area (Å²) in [5.41, 5.74) is -0.136. The third-order valence-electron chi connectivity index (χ3n) is 3.25. The lowest BCUT2D eigenvalue weighted by Gasteiger charge is -2.17. The summed E-state index contributed by atoms with van der Waals surface area (Å²) in [6.07, 6.45) is -0.541. The SMILES string of the molecule is CO[C@H](CNC(=O)c1c(F)ccc(O)c1F)c1cccc(Cl)c1. The lowest BCUT2D eigenvalue weighted by Crippen LogP contribution is -2.30. The number of hydrogen-bond acceptors (Lipinski definition) is 3. The van der Waals surface area contributed by atoms with Crippen molar-refractivity contribution in [2.75, 3.05) is 13.7 Å². The van der Waals surface area contributed by atoms with Crippen LogP contribution in [-0.4, -0.2) is 24.7 Å². The fraction of sp³-hybridized carbons (Fsp3) is 0.188. The fourth-order valence-corrected chi connectivity index (χ4v) is 2.27. The number of halogens is 3. The third kappa shape index (κ3) is 3.97. The van der Waals surface area contributed by atoms with Gasteiger partial charge in [0, 0.05) is 18.7 Å². The standard InChI is InChI=1S/C16H14ClF2NO3/c1-23-13(9-3-2-4-10(17)7-9)8-20-16(22)14-11(18)5-6-12(21)15(14)19/h2-7,13,21H,8H2,1H3,(H,20,22)/t13-/m1/s1. The van der Waals surface area contributed by atoms with E-state index in [4.69, 9.17) is 16.3 Å². The molecule has 0 saturated carbocycles. The molecule has 0 saturated heterocycles. The molecule has 23 heavy (non-hydrogen) atoms. The zero-order valence-electron chi connectivity index (χ0n) is 12.1. The maximum atomic E-state index is 13.7. The summed E-state index contributed by atoms with van der Waals surface area (Å²) in [5.74, 6) is -4.15. The molecule has 7 heteroatoms. The lowest BCUT2D eigenvalue weighted by atomic mass is 10.1. The van der Waals surface area contributed by atoms with Crippen molar-refractivity contribution < 1.29 is 23.4 Å². The number of carbonyl (C=O) groups is 1. The summed E-state index contributed by atoms with van der Waals surface area (Å²) in [5, 5.41) is 12.1. The summed E-state index contributed by atoms with van der Waals surface area (Å²) in [6.45, 7) is -0.0236. The minimum absolute atomic E-state index is 0.0236. The minimum atomic E-state index is -1.31. The predicted octanol–water partition coefficient (Wildman–Crippen LogP) is 3.44. The molecule has 0 bridgehead atoms. The van der Waals surface area contributed by atoms with Crippen LogP contribution >= 0.6 is 11.6 Å². The number of rotatable bonds is 5. The van der Waals surface area contributed by atoms with Crippen molar-refractivity contribution in [2.45, 2.75) is 6.10 Å². The quantitative estimate of drug-likeness (QED) is 0.876. The second-order valence-corrected chi connectivity index (χ2v) is 5.18. The van der Waals surface area contributed by atoms with E-state index in [1.807, 2.05) is 0 Å². The molecule has 0 heterocycles. The normalized spacial score (nSPS) is 12.0. The van der Waals surface area contributed by atoms with Gasteiger partial charge in [0.15, 0.2) is 11.6 Å². The zero-order chi connectivity index (χ0) is 17.0. The van der Waals surface area contributed by atoms with Crippen LogP contribution in [0.4, 0.5) is 8.78 Å². The Morgan fingerprint density at radius 1 is 1.35 bits per heavy atom. The first-order valence-corrected chi connectivity index (χ1v) is 7.05. The van der Waals surface area contributed by atoms with Crippen molar-refractivity contribution in [2.24, 2.45) is 0 Å². The molecule has 2 N–H and O–H groups in total. The Morgan fingerprint density at radius 2 is 2.09 bits per heavy atom. The van der Waals surface area contributed by atoms with Gasteiger partial charge in [-0.1, -0.05) is 23.7 Å². The Labute approximate surface area is 136 Å². The van der Waals surface area contributed by atoms with E-state index in [0.29, 0.717) is 10.6 Å². The number of methoxy groups -OCH3 is 1. The van der Waals surface area contributed by atoms with Crippen LogP contribution in [0.2, 0.25) is 5.02 Å². The third-order valence-corrected chi connectivity index (χ3v) is 3.49. The average Bonchev–Trinajstić information content (AvgIpc) is 2.52. The van der Waals surface area contributed by atoms with Gasteiger partial charge in [-0.25, -0.2) is 8.78 Å². The van der Waals surface area contributed by atoms with Crippen LogP contribution in [0.25, 0.3) is 0 Å². The molecule has 2 rings (SSSR count). The maximum Gasteiger partial charge on any atom is 0.257 e. The predicted molar refractivity (Wildman–Crippen MR) is 81.6 cm³/mol. The molecule has 0 aliphatic heterocycles. The molecular formula is C16H14ClF2NO3. The van der Waals surface area contributed by atoms with Gasteiger partial charge < -0.3 is 15.2 Å². The van der Waals surface area contributed by atoms with Crippen LogP contribution in [-0.2, 0) is 4.74 Å². The molecule has 0 aromatic heterocycles. The molecule has 0 radical (unpaired) electrons. The number of carbonyl (C=O) groups excluding carboxylic acids is 1. The summed E-state index contributed by atoms with van der Waals surface area (Å²) in [7, 11) is 1.44. The van der Waals surface area contributed by atoms with E-state index < -0.39 is 35.0 Å². The van der Waals surface area contributed by atoms with Crippen molar-refractivity contribution in [1.29, 1.82) is 0 Å². The van der Waals surface area contributed by atoms with Gasteiger partial charge >= 0.3 is 0 Å². The molecule has 2 aromatic rings. The molecule has 0 aliphatic carbocycles. The largest absolute Gasteiger partial charge is 0.505 e. The van der Waals surface area contributed by atoms with Gasteiger partial charge in [0.25, 0.3) is 5.91 Å². The number of nitrogens with one attached hydrogen (secondary N) is 1. The first kappa shape index (κ1) is 17.2. The van der Waals surface area contributed by atoms with Gasteiger partial charge in [-0.3, -0.25) is 4.79 Å². The Balaban J connectivity index is 2.13. The second-order valence-electron chi connectivity index (χ2n) is 4.74. The van der Waals surface area contributed by atoms with E-state index >= 15 is 0 Å². The van der Waals surface area contributed by atoms with E-state index in [9.17, 15) is 18.7 Å². The highest BCUT2D eigenvalue weighted by Crippen LogP contribution is 2.23. The molecule has 4 nitrogen and oxygen atoms in total. The van der Waals surface area contributed by atoms with E-state index in [-0.39, 0.29) is 6.54 Å². The van der Waals surface area contributed by atoms with Crippen LogP contribution < -0.4 is 5.32 Å². The molecule has 0 unspecified atom stereocenters. The molecule has 1 amide bonds. The minimum Gasteiger partial charge on any atom is -0.505 e. The molecule has 2 aromatic carbocycles. The summed E-state index contributed by atoms with van der Waals surface area (Å²) in [6, 6.07) is 8.48. The van der Waals surface area contributed by atoms with E-state index in [2.05, 4.69) is 5.32 Å². The van der Waals surface area contributed by atoms with Gasteiger partial charge in [-0.2, -0.15) is 0 Å². The van der Waals surface area contributed by atoms with E-state index in [1.165, 1.54) is 7.11 Å². The van der Waals surface area contributed by atoms with Gasteiger partial charge in [-0.05, 0) is 29.8 Å². The van der Waals surface area contributed by atoms with Crippen LogP contribution in [0.5, 0.6) is 5.75 Å². The van der Waals surface area contributed by atoms with Gasteiger partial charge in [0.05, 0.1) is 6.10 Å². The summed E-state index contributed by atoms with van der Waals surface area (Å²) in [4.78, 5) is 12.0. The highest BCUT2D eigenvalue weighted by Gasteiger charge is 2.21. The van der Waals surface area contributed by atoms with Crippen molar-refractivity contribution >= 4 is 17.5 Å². The Kier molecular flexibility index (Phi) is 5.52. The number of amides is 1.